The van der Waals surface area contributed by atoms with Gasteiger partial charge in [0.05, 0.1) is 11.6 Å². The third-order valence-electron chi connectivity index (χ3n) is 2.90. The summed E-state index contributed by atoms with van der Waals surface area (Å²) in [5, 5.41) is 18.1. The molecular formula is C16H12N2O3. The van der Waals surface area contributed by atoms with Crippen LogP contribution in [0.3, 0.4) is 0 Å². The average molecular weight is 280 g/mol. The molecule has 0 spiro atoms. The van der Waals surface area contributed by atoms with Gasteiger partial charge in [0, 0.05) is 5.56 Å². The molecule has 5 nitrogen and oxygen atoms in total. The van der Waals surface area contributed by atoms with Gasteiger partial charge >= 0.3 is 0 Å². The van der Waals surface area contributed by atoms with Crippen molar-refractivity contribution in [1.29, 1.82) is 5.26 Å². The molecule has 1 heterocycles. The minimum atomic E-state index is -0.887. The molecule has 5 heteroatoms. The minimum Gasteiger partial charge on any atom is -0.465 e. The Labute approximate surface area is 121 Å². The molecule has 21 heavy (non-hydrogen) atoms. The van der Waals surface area contributed by atoms with Crippen molar-refractivity contribution in [2.24, 2.45) is 0 Å². The summed E-state index contributed by atoms with van der Waals surface area (Å²) in [6, 6.07) is 14.3. The maximum atomic E-state index is 9.25. The predicted octanol–water partition coefficient (Wildman–Crippen LogP) is 3.08. The van der Waals surface area contributed by atoms with Crippen LogP contribution in [0.4, 0.5) is 0 Å². The number of fused-ring (bicyclic) bond motifs is 1. The molecular weight excluding hydrogens is 268 g/mol. The highest BCUT2D eigenvalue weighted by atomic mass is 16.6. The van der Waals surface area contributed by atoms with Crippen LogP contribution in [-0.4, -0.2) is 16.4 Å². The van der Waals surface area contributed by atoms with Gasteiger partial charge in [-0.2, -0.15) is 5.26 Å². The second-order valence-corrected chi connectivity index (χ2v) is 4.56. The second kappa shape index (κ2) is 5.27. The van der Waals surface area contributed by atoms with Crippen LogP contribution < -0.4 is 4.74 Å². The molecule has 0 radical (unpaired) electrons. The van der Waals surface area contributed by atoms with Gasteiger partial charge in [0.1, 0.15) is 11.3 Å². The molecule has 1 unspecified atom stereocenters. The lowest BCUT2D eigenvalue weighted by Gasteiger charge is -2.08. The number of aliphatic hydroxyl groups is 1. The molecule has 0 bridgehead atoms. The average Bonchev–Trinajstić information content (AvgIpc) is 2.89. The summed E-state index contributed by atoms with van der Waals surface area (Å²) in [7, 11) is 0. The first kappa shape index (κ1) is 13.2. The maximum absolute atomic E-state index is 9.25. The normalized spacial score (nSPS) is 12.0. The molecule has 0 amide bonds. The number of hydrogen-bond donors (Lipinski definition) is 1. The molecule has 104 valence electrons. The summed E-state index contributed by atoms with van der Waals surface area (Å²) in [5.41, 5.74) is 2.52. The molecule has 0 aliphatic rings. The van der Waals surface area contributed by atoms with Crippen LogP contribution in [0, 0.1) is 11.3 Å². The Morgan fingerprint density at radius 2 is 2.14 bits per heavy atom. The van der Waals surface area contributed by atoms with Crippen molar-refractivity contribution in [2.75, 3.05) is 0 Å². The van der Waals surface area contributed by atoms with Crippen LogP contribution in [-0.2, 0) is 0 Å². The van der Waals surface area contributed by atoms with E-state index in [2.05, 4.69) is 11.1 Å². The molecule has 0 saturated heterocycles. The van der Waals surface area contributed by atoms with Crippen LogP contribution >= 0.6 is 0 Å². The number of ether oxygens (including phenoxy) is 1. The van der Waals surface area contributed by atoms with E-state index in [0.29, 0.717) is 28.3 Å². The Kier molecular flexibility index (Phi) is 3.30. The van der Waals surface area contributed by atoms with Crippen molar-refractivity contribution in [1.82, 2.24) is 4.98 Å². The summed E-state index contributed by atoms with van der Waals surface area (Å²) in [6.45, 7) is 1.54. The Morgan fingerprint density at radius 1 is 1.29 bits per heavy atom. The highest BCUT2D eigenvalue weighted by Gasteiger charge is 2.10. The number of aromatic nitrogens is 1. The zero-order chi connectivity index (χ0) is 14.8. The number of nitrogens with zero attached hydrogens (tertiary/aromatic N) is 2. The number of rotatable bonds is 3. The summed E-state index contributed by atoms with van der Waals surface area (Å²) < 4.78 is 10.9. The third kappa shape index (κ3) is 2.71. The molecule has 0 fully saturated rings. The Balaban J connectivity index is 2.02. The van der Waals surface area contributed by atoms with E-state index in [1.165, 1.54) is 6.92 Å². The van der Waals surface area contributed by atoms with Crippen LogP contribution in [0.25, 0.3) is 22.6 Å². The van der Waals surface area contributed by atoms with Gasteiger partial charge in [-0.05, 0) is 43.3 Å². The lowest BCUT2D eigenvalue weighted by atomic mass is 10.2. The van der Waals surface area contributed by atoms with Crippen molar-refractivity contribution in [3.63, 3.8) is 0 Å². The van der Waals surface area contributed by atoms with Gasteiger partial charge in [-0.25, -0.2) is 4.98 Å². The van der Waals surface area contributed by atoms with Gasteiger partial charge < -0.3 is 14.3 Å². The van der Waals surface area contributed by atoms with E-state index in [0.717, 1.165) is 5.56 Å². The van der Waals surface area contributed by atoms with E-state index in [-0.39, 0.29) is 0 Å². The van der Waals surface area contributed by atoms with Gasteiger partial charge in [-0.1, -0.05) is 6.07 Å². The predicted molar refractivity (Wildman–Crippen MR) is 76.5 cm³/mol. The van der Waals surface area contributed by atoms with Crippen LogP contribution in [0.1, 0.15) is 12.5 Å². The fraction of sp³-hybridized carbons (Fsp3) is 0.125. The van der Waals surface area contributed by atoms with Gasteiger partial charge in [-0.3, -0.25) is 0 Å². The maximum Gasteiger partial charge on any atom is 0.227 e. The summed E-state index contributed by atoms with van der Waals surface area (Å²) >= 11 is 0. The van der Waals surface area contributed by atoms with Crippen molar-refractivity contribution in [3.05, 3.63) is 48.0 Å². The lowest BCUT2D eigenvalue weighted by molar-refractivity contribution is -0.000261. The van der Waals surface area contributed by atoms with E-state index in [9.17, 15) is 5.11 Å². The standard InChI is InChI=1S/C16H12N2O3/c1-10(19)20-13-4-2-3-12(8-13)16-18-14-7-11(9-17)5-6-15(14)21-16/h2-8,10,19H,1H3. The minimum absolute atomic E-state index is 0.441. The van der Waals surface area contributed by atoms with E-state index < -0.39 is 6.29 Å². The second-order valence-electron chi connectivity index (χ2n) is 4.56. The first-order valence-electron chi connectivity index (χ1n) is 6.41. The molecule has 0 saturated carbocycles. The van der Waals surface area contributed by atoms with Gasteiger partial charge in [0.25, 0.3) is 0 Å². The van der Waals surface area contributed by atoms with Crippen molar-refractivity contribution < 1.29 is 14.3 Å². The molecule has 2 aromatic carbocycles. The first-order valence-corrected chi connectivity index (χ1v) is 6.41. The van der Waals surface area contributed by atoms with Crippen molar-refractivity contribution in [3.8, 4) is 23.3 Å². The molecule has 3 aromatic rings. The van der Waals surface area contributed by atoms with E-state index in [1.807, 2.05) is 6.07 Å². The molecule has 0 aliphatic heterocycles. The Morgan fingerprint density at radius 3 is 2.90 bits per heavy atom. The fourth-order valence-corrected chi connectivity index (χ4v) is 2.02. The third-order valence-corrected chi connectivity index (χ3v) is 2.90. The summed E-state index contributed by atoms with van der Waals surface area (Å²) in [6.07, 6.45) is -0.887. The lowest BCUT2D eigenvalue weighted by Crippen LogP contribution is -2.09. The van der Waals surface area contributed by atoms with Gasteiger partial charge in [-0.15, -0.1) is 0 Å². The van der Waals surface area contributed by atoms with Crippen molar-refractivity contribution in [2.45, 2.75) is 13.2 Å². The summed E-state index contributed by atoms with van der Waals surface area (Å²) in [4.78, 5) is 4.38. The fourth-order valence-electron chi connectivity index (χ4n) is 2.02. The number of aliphatic hydroxyl groups excluding tert-OH is 1. The van der Waals surface area contributed by atoms with Crippen molar-refractivity contribution >= 4 is 11.1 Å². The number of nitriles is 1. The zero-order valence-corrected chi connectivity index (χ0v) is 11.3. The molecule has 3 rings (SSSR count). The highest BCUT2D eigenvalue weighted by molar-refractivity contribution is 5.77. The number of oxazole rings is 1. The topological polar surface area (TPSA) is 79.3 Å². The first-order chi connectivity index (χ1) is 10.2. The van der Waals surface area contributed by atoms with E-state index in [4.69, 9.17) is 14.4 Å². The Bertz CT molecular complexity index is 831. The SMILES string of the molecule is CC(O)Oc1cccc(-c2nc3cc(C#N)ccc3o2)c1. The van der Waals surface area contributed by atoms with Gasteiger partial charge in [0.15, 0.2) is 11.9 Å². The molecule has 0 aliphatic carbocycles. The monoisotopic (exact) mass is 280 g/mol. The molecule has 1 atom stereocenters. The van der Waals surface area contributed by atoms with Crippen LogP contribution in [0.2, 0.25) is 0 Å². The quantitative estimate of drug-likeness (QED) is 0.746. The smallest absolute Gasteiger partial charge is 0.227 e. The highest BCUT2D eigenvalue weighted by Crippen LogP contribution is 2.27. The Hall–Kier alpha value is -2.84. The van der Waals surface area contributed by atoms with Crippen LogP contribution in [0.5, 0.6) is 5.75 Å². The number of hydrogen-bond acceptors (Lipinski definition) is 5. The van der Waals surface area contributed by atoms with E-state index >= 15 is 0 Å². The largest absolute Gasteiger partial charge is 0.465 e. The molecule has 1 N–H and O–H groups in total. The number of benzene rings is 2. The van der Waals surface area contributed by atoms with Crippen LogP contribution in [0.15, 0.2) is 46.9 Å². The zero-order valence-electron chi connectivity index (χ0n) is 11.3. The van der Waals surface area contributed by atoms with E-state index in [1.54, 1.807) is 36.4 Å². The summed E-state index contributed by atoms with van der Waals surface area (Å²) in [5.74, 6) is 0.971. The van der Waals surface area contributed by atoms with Gasteiger partial charge in [0.2, 0.25) is 5.89 Å². The molecule has 1 aromatic heterocycles.